The highest BCUT2D eigenvalue weighted by atomic mass is 16.3. The molecule has 17 heavy (non-hydrogen) atoms. The largest absolute Gasteiger partial charge is 0.396 e. The van der Waals surface area contributed by atoms with Crippen LogP contribution in [0.1, 0.15) is 58.8 Å². The molecule has 0 bridgehead atoms. The van der Waals surface area contributed by atoms with Crippen molar-refractivity contribution in [3.63, 3.8) is 0 Å². The minimum atomic E-state index is -0.157. The number of hydrogen-bond donors (Lipinski definition) is 2. The van der Waals surface area contributed by atoms with Gasteiger partial charge in [-0.3, -0.25) is 4.79 Å². The summed E-state index contributed by atoms with van der Waals surface area (Å²) in [7, 11) is 0. The zero-order chi connectivity index (χ0) is 12.7. The Bertz CT molecular complexity index is 232. The van der Waals surface area contributed by atoms with Crippen LogP contribution in [0.15, 0.2) is 0 Å². The summed E-state index contributed by atoms with van der Waals surface area (Å²) in [6, 6.07) is 0. The van der Waals surface area contributed by atoms with Crippen LogP contribution < -0.4 is 5.32 Å². The molecule has 1 rings (SSSR count). The Kier molecular flexibility index (Phi) is 5.96. The molecule has 3 nitrogen and oxygen atoms in total. The van der Waals surface area contributed by atoms with E-state index in [0.717, 1.165) is 19.3 Å². The fraction of sp³-hybridized carbons (Fsp3) is 0.929. The topological polar surface area (TPSA) is 49.3 Å². The van der Waals surface area contributed by atoms with Gasteiger partial charge in [0.1, 0.15) is 0 Å². The summed E-state index contributed by atoms with van der Waals surface area (Å²) >= 11 is 0. The van der Waals surface area contributed by atoms with Crippen LogP contribution in [0, 0.1) is 11.3 Å². The first-order valence-electron chi connectivity index (χ1n) is 6.97. The van der Waals surface area contributed by atoms with Gasteiger partial charge in [0.2, 0.25) is 5.91 Å². The van der Waals surface area contributed by atoms with Crippen LogP contribution in [-0.4, -0.2) is 24.2 Å². The van der Waals surface area contributed by atoms with Gasteiger partial charge in [0.25, 0.3) is 0 Å². The van der Waals surface area contributed by atoms with Gasteiger partial charge in [-0.25, -0.2) is 0 Å². The Balaban J connectivity index is 2.39. The van der Waals surface area contributed by atoms with E-state index >= 15 is 0 Å². The third-order valence-corrected chi connectivity index (χ3v) is 3.99. The maximum absolute atomic E-state index is 12.2. The van der Waals surface area contributed by atoms with Crippen LogP contribution in [-0.2, 0) is 4.79 Å². The van der Waals surface area contributed by atoms with Gasteiger partial charge in [-0.2, -0.15) is 0 Å². The molecule has 0 spiro atoms. The van der Waals surface area contributed by atoms with Crippen molar-refractivity contribution in [2.75, 3.05) is 13.2 Å². The average molecular weight is 241 g/mol. The number of carbonyl (C=O) groups excluding carboxylic acids is 1. The van der Waals surface area contributed by atoms with Gasteiger partial charge in [-0.15, -0.1) is 0 Å². The number of nitrogens with one attached hydrogen (secondary N) is 1. The quantitative estimate of drug-likeness (QED) is 0.726. The normalized spacial score (nSPS) is 21.6. The van der Waals surface area contributed by atoms with E-state index in [4.69, 9.17) is 5.11 Å². The Hall–Kier alpha value is -0.570. The molecule has 3 heteroatoms. The van der Waals surface area contributed by atoms with E-state index in [1.807, 2.05) is 0 Å². The minimum absolute atomic E-state index is 0.157. The first kappa shape index (κ1) is 14.5. The number of hydrogen-bond acceptors (Lipinski definition) is 2. The summed E-state index contributed by atoms with van der Waals surface area (Å²) in [5.74, 6) is 0.572. The lowest BCUT2D eigenvalue weighted by Crippen LogP contribution is -2.40. The van der Waals surface area contributed by atoms with E-state index in [1.54, 1.807) is 0 Å². The van der Waals surface area contributed by atoms with Crippen molar-refractivity contribution in [3.8, 4) is 0 Å². The molecular formula is C14H27NO2. The van der Waals surface area contributed by atoms with E-state index < -0.39 is 0 Å². The summed E-state index contributed by atoms with van der Waals surface area (Å²) in [6.45, 7) is 5.06. The van der Waals surface area contributed by atoms with E-state index in [9.17, 15) is 4.79 Å². The fourth-order valence-electron chi connectivity index (χ4n) is 2.54. The molecule has 1 saturated carbocycles. The molecule has 0 aromatic carbocycles. The molecule has 1 atom stereocenters. The highest BCUT2D eigenvalue weighted by Gasteiger charge is 2.33. The van der Waals surface area contributed by atoms with Gasteiger partial charge < -0.3 is 10.4 Å². The SMILES string of the molecule is CC(CCO)CNC(=O)C1(C)CCCCCC1. The Labute approximate surface area is 105 Å². The molecule has 2 N–H and O–H groups in total. The lowest BCUT2D eigenvalue weighted by Gasteiger charge is -2.27. The summed E-state index contributed by atoms with van der Waals surface area (Å²) in [6.07, 6.45) is 7.69. The number of amides is 1. The van der Waals surface area contributed by atoms with Crippen molar-refractivity contribution in [1.29, 1.82) is 0 Å². The van der Waals surface area contributed by atoms with Crippen molar-refractivity contribution in [1.82, 2.24) is 5.32 Å². The van der Waals surface area contributed by atoms with Crippen molar-refractivity contribution in [2.45, 2.75) is 58.8 Å². The summed E-state index contributed by atoms with van der Waals surface area (Å²) in [4.78, 5) is 12.2. The number of carbonyl (C=O) groups is 1. The minimum Gasteiger partial charge on any atom is -0.396 e. The van der Waals surface area contributed by atoms with E-state index in [1.165, 1.54) is 25.7 Å². The van der Waals surface area contributed by atoms with Crippen LogP contribution >= 0.6 is 0 Å². The van der Waals surface area contributed by atoms with Crippen LogP contribution in [0.4, 0.5) is 0 Å². The molecule has 1 fully saturated rings. The molecule has 1 aliphatic carbocycles. The van der Waals surface area contributed by atoms with Crippen LogP contribution in [0.2, 0.25) is 0 Å². The van der Waals surface area contributed by atoms with E-state index in [0.29, 0.717) is 12.5 Å². The van der Waals surface area contributed by atoms with Crippen molar-refractivity contribution in [3.05, 3.63) is 0 Å². The van der Waals surface area contributed by atoms with E-state index in [-0.39, 0.29) is 17.9 Å². The second-order valence-corrected chi connectivity index (χ2v) is 5.80. The summed E-state index contributed by atoms with van der Waals surface area (Å²) < 4.78 is 0. The molecule has 1 aliphatic rings. The van der Waals surface area contributed by atoms with Crippen LogP contribution in [0.3, 0.4) is 0 Å². The predicted octanol–water partition coefficient (Wildman–Crippen LogP) is 2.48. The molecule has 0 aromatic rings. The first-order valence-corrected chi connectivity index (χ1v) is 6.97. The second-order valence-electron chi connectivity index (χ2n) is 5.80. The Morgan fingerprint density at radius 2 is 1.88 bits per heavy atom. The standard InChI is InChI=1S/C14H27NO2/c1-12(7-10-16)11-15-13(17)14(2)8-5-3-4-6-9-14/h12,16H,3-11H2,1-2H3,(H,15,17). The zero-order valence-corrected chi connectivity index (χ0v) is 11.3. The average Bonchev–Trinajstić information content (AvgIpc) is 2.52. The van der Waals surface area contributed by atoms with Gasteiger partial charge in [0.05, 0.1) is 0 Å². The number of aliphatic hydroxyl groups excluding tert-OH is 1. The molecule has 1 amide bonds. The molecular weight excluding hydrogens is 214 g/mol. The maximum atomic E-state index is 12.2. The summed E-state index contributed by atoms with van der Waals surface area (Å²) in [5.41, 5.74) is -0.157. The highest BCUT2D eigenvalue weighted by Crippen LogP contribution is 2.34. The van der Waals surface area contributed by atoms with Gasteiger partial charge >= 0.3 is 0 Å². The second kappa shape index (κ2) is 7.00. The van der Waals surface area contributed by atoms with Gasteiger partial charge in [0, 0.05) is 18.6 Å². The number of aliphatic hydroxyl groups is 1. The van der Waals surface area contributed by atoms with Gasteiger partial charge in [-0.1, -0.05) is 39.5 Å². The smallest absolute Gasteiger partial charge is 0.225 e. The highest BCUT2D eigenvalue weighted by molar-refractivity contribution is 5.82. The number of rotatable bonds is 5. The fourth-order valence-corrected chi connectivity index (χ4v) is 2.54. The van der Waals surface area contributed by atoms with Gasteiger partial charge in [-0.05, 0) is 25.2 Å². The Morgan fingerprint density at radius 1 is 1.29 bits per heavy atom. The first-order chi connectivity index (χ1) is 8.08. The van der Waals surface area contributed by atoms with E-state index in [2.05, 4.69) is 19.2 Å². The lowest BCUT2D eigenvalue weighted by molar-refractivity contribution is -0.131. The molecule has 0 aromatic heterocycles. The van der Waals surface area contributed by atoms with Gasteiger partial charge in [0.15, 0.2) is 0 Å². The van der Waals surface area contributed by atoms with Crippen LogP contribution in [0.25, 0.3) is 0 Å². The summed E-state index contributed by atoms with van der Waals surface area (Å²) in [5, 5.41) is 11.9. The van der Waals surface area contributed by atoms with Crippen LogP contribution in [0.5, 0.6) is 0 Å². The van der Waals surface area contributed by atoms with Crippen molar-refractivity contribution >= 4 is 5.91 Å². The zero-order valence-electron chi connectivity index (χ0n) is 11.3. The maximum Gasteiger partial charge on any atom is 0.225 e. The Morgan fingerprint density at radius 3 is 2.41 bits per heavy atom. The molecule has 0 heterocycles. The monoisotopic (exact) mass is 241 g/mol. The third kappa shape index (κ3) is 4.66. The molecule has 1 unspecified atom stereocenters. The lowest BCUT2D eigenvalue weighted by atomic mass is 9.81. The molecule has 0 aliphatic heterocycles. The van der Waals surface area contributed by atoms with Crippen molar-refractivity contribution in [2.24, 2.45) is 11.3 Å². The predicted molar refractivity (Wildman–Crippen MR) is 69.7 cm³/mol. The van der Waals surface area contributed by atoms with Crippen molar-refractivity contribution < 1.29 is 9.90 Å². The third-order valence-electron chi connectivity index (χ3n) is 3.99. The molecule has 0 radical (unpaired) electrons. The molecule has 100 valence electrons. The molecule has 0 saturated heterocycles.